The van der Waals surface area contributed by atoms with Crippen LogP contribution in [0.3, 0.4) is 0 Å². The number of carbonyl (C=O) groups excluding carboxylic acids is 1. The van der Waals surface area contributed by atoms with E-state index in [1.54, 1.807) is 10.6 Å². The van der Waals surface area contributed by atoms with Crippen LogP contribution in [0, 0.1) is 11.8 Å². The van der Waals surface area contributed by atoms with Gasteiger partial charge in [-0.1, -0.05) is 38.8 Å². The molecule has 1 amide bonds. The molecule has 3 atom stereocenters. The second-order valence-electron chi connectivity index (χ2n) is 7.58. The largest absolute Gasteiger partial charge is 0.352 e. The molecule has 0 radical (unpaired) electrons. The third-order valence-corrected chi connectivity index (χ3v) is 6.00. The van der Waals surface area contributed by atoms with Crippen molar-refractivity contribution in [3.8, 4) is 0 Å². The summed E-state index contributed by atoms with van der Waals surface area (Å²) in [5, 5.41) is 3.18. The van der Waals surface area contributed by atoms with Crippen molar-refractivity contribution in [1.29, 1.82) is 0 Å². The van der Waals surface area contributed by atoms with Crippen LogP contribution in [-0.4, -0.2) is 20.9 Å². The lowest BCUT2D eigenvalue weighted by molar-refractivity contribution is -0.123. The van der Waals surface area contributed by atoms with Gasteiger partial charge in [-0.15, -0.1) is 0 Å². The molecular formula is C21H25N3O2. The number of aromatic nitrogens is 2. The van der Waals surface area contributed by atoms with Crippen molar-refractivity contribution in [2.45, 2.75) is 45.7 Å². The Kier molecular flexibility index (Phi) is 4.31. The highest BCUT2D eigenvalue weighted by Gasteiger charge is 2.28. The van der Waals surface area contributed by atoms with E-state index in [-0.39, 0.29) is 24.1 Å². The number of benzene rings is 1. The summed E-state index contributed by atoms with van der Waals surface area (Å²) in [6, 6.07) is 11.6. The summed E-state index contributed by atoms with van der Waals surface area (Å²) in [6.45, 7) is 4.52. The molecular weight excluding hydrogens is 326 g/mol. The summed E-state index contributed by atoms with van der Waals surface area (Å²) in [5.74, 6) is 1.00. The lowest BCUT2D eigenvalue weighted by Crippen LogP contribution is -2.45. The summed E-state index contributed by atoms with van der Waals surface area (Å²) < 4.78 is 3.48. The molecule has 136 valence electrons. The molecule has 1 fully saturated rings. The van der Waals surface area contributed by atoms with Gasteiger partial charge in [0.05, 0.1) is 11.0 Å². The van der Waals surface area contributed by atoms with Crippen LogP contribution in [-0.2, 0) is 11.3 Å². The predicted octanol–water partition coefficient (Wildman–Crippen LogP) is 3.20. The first-order chi connectivity index (χ1) is 12.6. The molecule has 5 nitrogen and oxygen atoms in total. The summed E-state index contributed by atoms with van der Waals surface area (Å²) in [7, 11) is 0. The highest BCUT2D eigenvalue weighted by Crippen LogP contribution is 2.29. The van der Waals surface area contributed by atoms with Crippen molar-refractivity contribution in [3.63, 3.8) is 0 Å². The molecule has 0 aliphatic heterocycles. The first-order valence-electron chi connectivity index (χ1n) is 9.44. The van der Waals surface area contributed by atoms with Crippen LogP contribution in [0.4, 0.5) is 0 Å². The Balaban J connectivity index is 1.67. The van der Waals surface area contributed by atoms with Gasteiger partial charge in [0.2, 0.25) is 5.91 Å². The summed E-state index contributed by atoms with van der Waals surface area (Å²) in [6.07, 6.45) is 5.27. The fourth-order valence-electron chi connectivity index (χ4n) is 4.25. The number of fused-ring (bicyclic) bond motifs is 3. The summed E-state index contributed by atoms with van der Waals surface area (Å²) in [5.41, 5.74) is 2.17. The molecule has 1 aliphatic carbocycles. The van der Waals surface area contributed by atoms with Gasteiger partial charge in [-0.3, -0.25) is 14.2 Å². The minimum absolute atomic E-state index is 0.0542. The molecule has 2 heterocycles. The third-order valence-electron chi connectivity index (χ3n) is 6.00. The Hall–Kier alpha value is -2.56. The van der Waals surface area contributed by atoms with Crippen molar-refractivity contribution in [3.05, 3.63) is 52.9 Å². The molecule has 0 bridgehead atoms. The van der Waals surface area contributed by atoms with Crippen LogP contribution in [0.5, 0.6) is 0 Å². The van der Waals surface area contributed by atoms with Crippen LogP contribution in [0.1, 0.15) is 33.1 Å². The Morgan fingerprint density at radius 1 is 1.08 bits per heavy atom. The minimum atomic E-state index is -0.131. The molecule has 2 aromatic heterocycles. The number of hydrogen-bond acceptors (Lipinski definition) is 2. The topological polar surface area (TPSA) is 55.5 Å². The maximum Gasteiger partial charge on any atom is 0.275 e. The van der Waals surface area contributed by atoms with Gasteiger partial charge < -0.3 is 9.72 Å². The van der Waals surface area contributed by atoms with E-state index in [4.69, 9.17) is 0 Å². The van der Waals surface area contributed by atoms with Gasteiger partial charge in [-0.05, 0) is 42.5 Å². The predicted molar refractivity (Wildman–Crippen MR) is 103 cm³/mol. The Bertz CT molecular complexity index is 1020. The quantitative estimate of drug-likeness (QED) is 0.788. The third kappa shape index (κ3) is 2.81. The molecule has 26 heavy (non-hydrogen) atoms. The molecule has 1 N–H and O–H groups in total. The zero-order valence-electron chi connectivity index (χ0n) is 15.3. The number of amides is 1. The zero-order valence-corrected chi connectivity index (χ0v) is 15.3. The number of nitrogens with zero attached hydrogens (tertiary/aromatic N) is 2. The van der Waals surface area contributed by atoms with Crippen molar-refractivity contribution in [1.82, 2.24) is 14.3 Å². The van der Waals surface area contributed by atoms with Gasteiger partial charge in [0, 0.05) is 12.2 Å². The second-order valence-corrected chi connectivity index (χ2v) is 7.58. The van der Waals surface area contributed by atoms with Gasteiger partial charge in [0.15, 0.2) is 0 Å². The Morgan fingerprint density at radius 2 is 1.81 bits per heavy atom. The summed E-state index contributed by atoms with van der Waals surface area (Å²) >= 11 is 0. The highest BCUT2D eigenvalue weighted by atomic mass is 16.2. The fourth-order valence-corrected chi connectivity index (χ4v) is 4.25. The first-order valence-corrected chi connectivity index (χ1v) is 9.44. The number of carbonyl (C=O) groups is 1. The van der Waals surface area contributed by atoms with Gasteiger partial charge in [-0.2, -0.15) is 0 Å². The number of para-hydroxylation sites is 2. The van der Waals surface area contributed by atoms with E-state index < -0.39 is 0 Å². The smallest absolute Gasteiger partial charge is 0.275 e. The van der Waals surface area contributed by atoms with Crippen molar-refractivity contribution < 1.29 is 4.79 Å². The normalized spacial score (nSPS) is 23.4. The number of hydrogen-bond donors (Lipinski definition) is 1. The van der Waals surface area contributed by atoms with E-state index in [9.17, 15) is 9.59 Å². The monoisotopic (exact) mass is 351 g/mol. The highest BCUT2D eigenvalue weighted by molar-refractivity contribution is 5.82. The second kappa shape index (κ2) is 6.63. The molecule has 5 heteroatoms. The van der Waals surface area contributed by atoms with Crippen LogP contribution in [0.2, 0.25) is 0 Å². The molecule has 0 spiro atoms. The molecule has 1 saturated carbocycles. The van der Waals surface area contributed by atoms with Crippen LogP contribution in [0.25, 0.3) is 16.6 Å². The number of nitrogens with one attached hydrogen (secondary N) is 1. The van der Waals surface area contributed by atoms with Gasteiger partial charge >= 0.3 is 0 Å². The SMILES string of the molecule is C[C@@H]1[C@H](C)CCC[C@H]1NC(=O)Cn1c(=O)c2cccn2c2ccccc21. The Morgan fingerprint density at radius 3 is 2.62 bits per heavy atom. The standard InChI is InChI=1S/C21H25N3O2/c1-14-7-5-8-16(15(14)2)22-20(25)13-24-18-10-4-3-9-17(18)23-12-6-11-19(23)21(24)26/h3-4,6,9-12,14-16H,5,7-8,13H2,1-2H3,(H,22,25)/t14-,15-,16-/m1/s1. The molecule has 0 unspecified atom stereocenters. The van der Waals surface area contributed by atoms with Crippen molar-refractivity contribution in [2.24, 2.45) is 11.8 Å². The average molecular weight is 351 g/mol. The van der Waals surface area contributed by atoms with E-state index in [0.717, 1.165) is 23.9 Å². The molecule has 0 saturated heterocycles. The molecule has 1 aromatic carbocycles. The van der Waals surface area contributed by atoms with E-state index in [1.165, 1.54) is 6.42 Å². The maximum absolute atomic E-state index is 12.9. The van der Waals surface area contributed by atoms with Gasteiger partial charge in [0.1, 0.15) is 12.1 Å². The van der Waals surface area contributed by atoms with E-state index in [1.807, 2.05) is 40.9 Å². The van der Waals surface area contributed by atoms with Crippen LogP contribution < -0.4 is 10.9 Å². The Labute approximate surface area is 152 Å². The average Bonchev–Trinajstić information content (AvgIpc) is 3.13. The van der Waals surface area contributed by atoms with Crippen LogP contribution >= 0.6 is 0 Å². The van der Waals surface area contributed by atoms with Crippen molar-refractivity contribution in [2.75, 3.05) is 0 Å². The van der Waals surface area contributed by atoms with Crippen molar-refractivity contribution >= 4 is 22.5 Å². The van der Waals surface area contributed by atoms with E-state index in [0.29, 0.717) is 17.4 Å². The maximum atomic E-state index is 12.9. The molecule has 4 rings (SSSR count). The van der Waals surface area contributed by atoms with E-state index >= 15 is 0 Å². The van der Waals surface area contributed by atoms with E-state index in [2.05, 4.69) is 19.2 Å². The van der Waals surface area contributed by atoms with Crippen LogP contribution in [0.15, 0.2) is 47.4 Å². The number of rotatable bonds is 3. The first kappa shape index (κ1) is 16.9. The molecule has 3 aromatic rings. The molecule has 1 aliphatic rings. The minimum Gasteiger partial charge on any atom is -0.352 e. The lowest BCUT2D eigenvalue weighted by atomic mass is 9.78. The fraction of sp³-hybridized carbons (Fsp3) is 0.429. The summed E-state index contributed by atoms with van der Waals surface area (Å²) in [4.78, 5) is 25.6. The van der Waals surface area contributed by atoms with Gasteiger partial charge in [-0.25, -0.2) is 0 Å². The van der Waals surface area contributed by atoms with Gasteiger partial charge in [0.25, 0.3) is 5.56 Å². The zero-order chi connectivity index (χ0) is 18.3. The lowest BCUT2D eigenvalue weighted by Gasteiger charge is -2.34.